The van der Waals surface area contributed by atoms with Gasteiger partial charge < -0.3 is 9.84 Å². The SMILES string of the molecule is Cl.O=C(O)c1cc(OCCCCF)ccc1F. The fourth-order valence-corrected chi connectivity index (χ4v) is 1.14. The van der Waals surface area contributed by atoms with E-state index in [2.05, 4.69) is 0 Å². The molecule has 1 N–H and O–H groups in total. The lowest BCUT2D eigenvalue weighted by Gasteiger charge is -2.06. The second kappa shape index (κ2) is 7.84. The number of ether oxygens (including phenoxy) is 1. The lowest BCUT2D eigenvalue weighted by atomic mass is 10.2. The lowest BCUT2D eigenvalue weighted by Crippen LogP contribution is -2.03. The summed E-state index contributed by atoms with van der Waals surface area (Å²) < 4.78 is 29.9. The molecule has 0 unspecified atom stereocenters. The van der Waals surface area contributed by atoms with Crippen molar-refractivity contribution in [2.75, 3.05) is 13.3 Å². The summed E-state index contributed by atoms with van der Waals surface area (Å²) in [6.07, 6.45) is 0.934. The Kier molecular flexibility index (Phi) is 7.21. The van der Waals surface area contributed by atoms with Crippen LogP contribution in [0.2, 0.25) is 0 Å². The van der Waals surface area contributed by atoms with Crippen molar-refractivity contribution in [2.45, 2.75) is 12.8 Å². The number of alkyl halides is 1. The van der Waals surface area contributed by atoms with Crippen LogP contribution in [-0.2, 0) is 0 Å². The van der Waals surface area contributed by atoms with Gasteiger partial charge in [0.2, 0.25) is 0 Å². The van der Waals surface area contributed by atoms with Crippen molar-refractivity contribution in [3.63, 3.8) is 0 Å². The molecule has 0 spiro atoms. The Balaban J connectivity index is 0.00000256. The quantitative estimate of drug-likeness (QED) is 0.805. The molecule has 1 rings (SSSR count). The van der Waals surface area contributed by atoms with E-state index in [9.17, 15) is 13.6 Å². The minimum absolute atomic E-state index is 0. The van der Waals surface area contributed by atoms with Gasteiger partial charge in [-0.15, -0.1) is 12.4 Å². The Labute approximate surface area is 104 Å². The molecule has 0 heterocycles. The van der Waals surface area contributed by atoms with E-state index in [1.165, 1.54) is 6.07 Å². The molecule has 6 heteroatoms. The molecule has 0 aliphatic heterocycles. The van der Waals surface area contributed by atoms with Crippen LogP contribution in [0.4, 0.5) is 8.78 Å². The number of hydrogen-bond donors (Lipinski definition) is 1. The summed E-state index contributed by atoms with van der Waals surface area (Å²) in [6.45, 7) is -0.123. The average molecular weight is 267 g/mol. The van der Waals surface area contributed by atoms with Crippen molar-refractivity contribution in [3.05, 3.63) is 29.6 Å². The standard InChI is InChI=1S/C11H12F2O3.ClH/c12-5-1-2-6-16-8-3-4-10(13)9(7-8)11(14)15;/h3-4,7H,1-2,5-6H2,(H,14,15);1H. The summed E-state index contributed by atoms with van der Waals surface area (Å²) in [4.78, 5) is 10.6. The summed E-state index contributed by atoms with van der Waals surface area (Å²) in [5, 5.41) is 8.65. The maximum atomic E-state index is 13.0. The highest BCUT2D eigenvalue weighted by Gasteiger charge is 2.11. The van der Waals surface area contributed by atoms with Gasteiger partial charge in [0.1, 0.15) is 11.6 Å². The Morgan fingerprint density at radius 2 is 2.06 bits per heavy atom. The zero-order valence-electron chi connectivity index (χ0n) is 8.99. The smallest absolute Gasteiger partial charge is 0.338 e. The molecule has 0 fully saturated rings. The number of carbonyl (C=O) groups is 1. The second-order valence-electron chi connectivity index (χ2n) is 3.19. The molecule has 0 atom stereocenters. The Morgan fingerprint density at radius 1 is 1.35 bits per heavy atom. The third kappa shape index (κ3) is 4.99. The highest BCUT2D eigenvalue weighted by atomic mass is 35.5. The van der Waals surface area contributed by atoms with Gasteiger partial charge in [-0.05, 0) is 31.0 Å². The fraction of sp³-hybridized carbons (Fsp3) is 0.364. The van der Waals surface area contributed by atoms with Crippen LogP contribution >= 0.6 is 12.4 Å². The predicted molar refractivity (Wildman–Crippen MR) is 61.3 cm³/mol. The molecule has 0 aromatic heterocycles. The molecule has 17 heavy (non-hydrogen) atoms. The third-order valence-corrected chi connectivity index (χ3v) is 1.96. The first kappa shape index (κ1) is 15.6. The van der Waals surface area contributed by atoms with Crippen molar-refractivity contribution < 1.29 is 23.4 Å². The van der Waals surface area contributed by atoms with Crippen LogP contribution in [0.1, 0.15) is 23.2 Å². The summed E-state index contributed by atoms with van der Waals surface area (Å²) in [5.41, 5.74) is -0.428. The molecule has 0 amide bonds. The maximum absolute atomic E-state index is 13.0. The molecular weight excluding hydrogens is 254 g/mol. The van der Waals surface area contributed by atoms with Gasteiger partial charge in [-0.3, -0.25) is 4.39 Å². The van der Waals surface area contributed by atoms with Gasteiger partial charge in [0.05, 0.1) is 18.8 Å². The summed E-state index contributed by atoms with van der Waals surface area (Å²) in [7, 11) is 0. The van der Waals surface area contributed by atoms with E-state index < -0.39 is 24.0 Å². The first-order chi connectivity index (χ1) is 7.65. The number of carboxylic acids is 1. The molecule has 0 saturated heterocycles. The minimum Gasteiger partial charge on any atom is -0.494 e. The van der Waals surface area contributed by atoms with E-state index >= 15 is 0 Å². The molecule has 3 nitrogen and oxygen atoms in total. The Morgan fingerprint density at radius 3 is 2.65 bits per heavy atom. The van der Waals surface area contributed by atoms with Crippen LogP contribution in [0.25, 0.3) is 0 Å². The van der Waals surface area contributed by atoms with Crippen molar-refractivity contribution in [1.82, 2.24) is 0 Å². The van der Waals surface area contributed by atoms with Gasteiger partial charge in [-0.2, -0.15) is 0 Å². The van der Waals surface area contributed by atoms with E-state index in [-0.39, 0.29) is 24.8 Å². The maximum Gasteiger partial charge on any atom is 0.338 e. The second-order valence-corrected chi connectivity index (χ2v) is 3.19. The van der Waals surface area contributed by atoms with E-state index in [1.54, 1.807) is 0 Å². The van der Waals surface area contributed by atoms with Gasteiger partial charge in [-0.1, -0.05) is 0 Å². The number of halogens is 3. The molecule has 1 aromatic rings. The molecule has 96 valence electrons. The number of rotatable bonds is 6. The first-order valence-electron chi connectivity index (χ1n) is 4.86. The summed E-state index contributed by atoms with van der Waals surface area (Å²) >= 11 is 0. The first-order valence-corrected chi connectivity index (χ1v) is 4.86. The molecule has 0 bridgehead atoms. The minimum atomic E-state index is -1.34. The van der Waals surface area contributed by atoms with Gasteiger partial charge in [0.25, 0.3) is 0 Å². The molecular formula is C11H13ClF2O3. The van der Waals surface area contributed by atoms with E-state index in [1.807, 2.05) is 0 Å². The van der Waals surface area contributed by atoms with Crippen LogP contribution < -0.4 is 4.74 Å². The van der Waals surface area contributed by atoms with Crippen molar-refractivity contribution >= 4 is 18.4 Å². The van der Waals surface area contributed by atoms with Gasteiger partial charge in [0, 0.05) is 0 Å². The number of aromatic carboxylic acids is 1. The zero-order chi connectivity index (χ0) is 12.0. The van der Waals surface area contributed by atoms with E-state index in [0.717, 1.165) is 12.1 Å². The summed E-state index contributed by atoms with van der Waals surface area (Å²) in [6, 6.07) is 3.50. The van der Waals surface area contributed by atoms with Crippen LogP contribution in [0.5, 0.6) is 5.75 Å². The molecule has 0 aliphatic carbocycles. The normalized spacial score (nSPS) is 9.53. The van der Waals surface area contributed by atoms with E-state index in [0.29, 0.717) is 12.8 Å². The average Bonchev–Trinajstić information content (AvgIpc) is 2.26. The van der Waals surface area contributed by atoms with Gasteiger partial charge >= 0.3 is 5.97 Å². The van der Waals surface area contributed by atoms with Gasteiger partial charge in [-0.25, -0.2) is 9.18 Å². The van der Waals surface area contributed by atoms with Crippen LogP contribution in [0.3, 0.4) is 0 Å². The summed E-state index contributed by atoms with van der Waals surface area (Å²) in [5.74, 6) is -1.87. The molecule has 0 radical (unpaired) electrons. The third-order valence-electron chi connectivity index (χ3n) is 1.96. The Hall–Kier alpha value is -1.36. The van der Waals surface area contributed by atoms with Crippen molar-refractivity contribution in [2.24, 2.45) is 0 Å². The van der Waals surface area contributed by atoms with Crippen LogP contribution in [0.15, 0.2) is 18.2 Å². The Bertz CT molecular complexity index is 372. The fourth-order valence-electron chi connectivity index (χ4n) is 1.14. The van der Waals surface area contributed by atoms with Crippen LogP contribution in [0, 0.1) is 5.82 Å². The highest BCUT2D eigenvalue weighted by Crippen LogP contribution is 2.17. The topological polar surface area (TPSA) is 46.5 Å². The van der Waals surface area contributed by atoms with Crippen molar-refractivity contribution in [3.8, 4) is 5.75 Å². The monoisotopic (exact) mass is 266 g/mol. The van der Waals surface area contributed by atoms with Crippen molar-refractivity contribution in [1.29, 1.82) is 0 Å². The largest absolute Gasteiger partial charge is 0.494 e. The number of unbranched alkanes of at least 4 members (excludes halogenated alkanes) is 1. The molecule has 1 aromatic carbocycles. The van der Waals surface area contributed by atoms with Crippen LogP contribution in [-0.4, -0.2) is 24.4 Å². The number of benzene rings is 1. The van der Waals surface area contributed by atoms with E-state index in [4.69, 9.17) is 9.84 Å². The number of hydrogen-bond acceptors (Lipinski definition) is 2. The molecule has 0 saturated carbocycles. The predicted octanol–water partition coefficient (Wildman–Crippen LogP) is 3.07. The van der Waals surface area contributed by atoms with Gasteiger partial charge in [0.15, 0.2) is 0 Å². The molecule has 0 aliphatic rings. The lowest BCUT2D eigenvalue weighted by molar-refractivity contribution is 0.0691. The zero-order valence-corrected chi connectivity index (χ0v) is 9.80. The number of carboxylic acid groups (broad SMARTS) is 1. The highest BCUT2D eigenvalue weighted by molar-refractivity contribution is 5.88.